The number of likely N-dealkylation sites (N-methyl/N-ethyl adjacent to an activating group) is 1. The van der Waals surface area contributed by atoms with Gasteiger partial charge in [-0.2, -0.15) is 0 Å². The lowest BCUT2D eigenvalue weighted by atomic mass is 9.83. The molecule has 0 spiro atoms. The molecule has 3 aromatic rings. The molecule has 1 saturated heterocycles. The van der Waals surface area contributed by atoms with E-state index < -0.39 is 47.9 Å². The van der Waals surface area contributed by atoms with Crippen molar-refractivity contribution < 1.29 is 33.4 Å². The van der Waals surface area contributed by atoms with Crippen LogP contribution in [0.5, 0.6) is 0 Å². The molecular weight excluding hydrogens is 747 g/mol. The molecule has 12 nitrogen and oxygen atoms in total. The van der Waals surface area contributed by atoms with Gasteiger partial charge in [-0.15, -0.1) is 0 Å². The average molecular weight is 806 g/mol. The van der Waals surface area contributed by atoms with E-state index >= 15 is 0 Å². The van der Waals surface area contributed by atoms with Crippen molar-refractivity contribution in [3.05, 3.63) is 95.1 Å². The highest BCUT2D eigenvalue weighted by molar-refractivity contribution is 5.94. The van der Waals surface area contributed by atoms with Gasteiger partial charge in [-0.25, -0.2) is 9.59 Å². The lowest BCUT2D eigenvalue weighted by molar-refractivity contribution is -0.143. The predicted molar refractivity (Wildman–Crippen MR) is 224 cm³/mol. The monoisotopic (exact) mass is 805 g/mol. The number of nitrogens with one attached hydrogen (secondary N) is 3. The number of amides is 5. The van der Waals surface area contributed by atoms with Gasteiger partial charge in [0.2, 0.25) is 17.7 Å². The maximum atomic E-state index is 14.9. The Morgan fingerprint density at radius 1 is 0.814 bits per heavy atom. The summed E-state index contributed by atoms with van der Waals surface area (Å²) in [5, 5.41) is 9.26. The smallest absolute Gasteiger partial charge is 0.410 e. The number of hydrogen-bond acceptors (Lipinski definition) is 7. The van der Waals surface area contributed by atoms with Gasteiger partial charge in [0.15, 0.2) is 0 Å². The Morgan fingerprint density at radius 2 is 1.44 bits per heavy atom. The van der Waals surface area contributed by atoms with Crippen molar-refractivity contribution in [3.63, 3.8) is 0 Å². The fourth-order valence-corrected chi connectivity index (χ4v) is 9.38. The normalized spacial score (nSPS) is 21.2. The molecule has 3 N–H and O–H groups in total. The highest BCUT2D eigenvalue weighted by atomic mass is 16.6. The minimum absolute atomic E-state index is 0.0643. The molecule has 1 heterocycles. The number of likely N-dealkylation sites (tertiary alicyclic amines) is 1. The number of aryl methyl sites for hydroxylation is 1. The van der Waals surface area contributed by atoms with Crippen LogP contribution in [0.2, 0.25) is 0 Å². The van der Waals surface area contributed by atoms with Crippen LogP contribution in [0.4, 0.5) is 9.59 Å². The Bertz CT molecular complexity index is 1990. The van der Waals surface area contributed by atoms with Crippen LogP contribution in [-0.4, -0.2) is 89.7 Å². The molecule has 0 radical (unpaired) electrons. The quantitative estimate of drug-likeness (QED) is 0.200. The minimum Gasteiger partial charge on any atom is -0.449 e. The number of nitrogens with zero attached hydrogens (tertiary/aromatic N) is 2. The van der Waals surface area contributed by atoms with Gasteiger partial charge in [-0.3, -0.25) is 19.3 Å². The fraction of sp³-hybridized carbons (Fsp3) is 0.511. The number of carbonyl (C=O) groups is 5. The second-order valence-electron chi connectivity index (χ2n) is 17.7. The zero-order valence-electron chi connectivity index (χ0n) is 35.0. The van der Waals surface area contributed by atoms with E-state index in [1.165, 1.54) is 17.5 Å². The van der Waals surface area contributed by atoms with Crippen LogP contribution < -0.4 is 16.0 Å². The zero-order valence-corrected chi connectivity index (χ0v) is 35.0. The first kappa shape index (κ1) is 41.8. The first-order valence-corrected chi connectivity index (χ1v) is 21.4. The third-order valence-electron chi connectivity index (χ3n) is 12.6. The predicted octanol–water partition coefficient (Wildman–Crippen LogP) is 7.01. The van der Waals surface area contributed by atoms with Crippen molar-refractivity contribution in [2.24, 2.45) is 5.92 Å². The summed E-state index contributed by atoms with van der Waals surface area (Å²) in [6.07, 6.45) is 5.87. The average Bonchev–Trinajstić information content (AvgIpc) is 3.80. The van der Waals surface area contributed by atoms with E-state index in [9.17, 15) is 24.0 Å². The van der Waals surface area contributed by atoms with Gasteiger partial charge in [0.25, 0.3) is 0 Å². The van der Waals surface area contributed by atoms with E-state index in [0.717, 1.165) is 79.2 Å². The topological polar surface area (TPSA) is 146 Å². The van der Waals surface area contributed by atoms with Gasteiger partial charge < -0.3 is 30.3 Å². The van der Waals surface area contributed by atoms with Crippen LogP contribution >= 0.6 is 0 Å². The first-order valence-electron chi connectivity index (χ1n) is 21.4. The summed E-state index contributed by atoms with van der Waals surface area (Å²) in [6.45, 7) is 7.07. The molecule has 0 aromatic heterocycles. The Labute approximate surface area is 347 Å². The number of fused-ring (bicyclic) bond motifs is 4. The highest BCUT2D eigenvalue weighted by Gasteiger charge is 2.46. The van der Waals surface area contributed by atoms with Crippen LogP contribution in [0, 0.1) is 5.92 Å². The standard InChI is InChI=1S/C47H59N5O7/c1-29(51(5)46(57)59-47(2,3)4)42(53)50-41(31-17-7-6-8-18-31)44(55)52-27-32(26-40(52)43(54)49-39-25-15-19-30-16-9-10-20-33(30)39)48-45(56)58-28-38-36-23-13-11-21-34(36)35-22-12-14-24-37(35)38/h9-14,16,20-24,29,31-32,38-41H,6-8,15,17-19,25-28H2,1-5H3,(H,48,56)(H,49,54)(H,50,53). The zero-order chi connectivity index (χ0) is 41.8. The molecule has 2 fully saturated rings. The summed E-state index contributed by atoms with van der Waals surface area (Å²) in [7, 11) is 1.50. The number of benzene rings is 3. The van der Waals surface area contributed by atoms with Crippen LogP contribution in [0.15, 0.2) is 72.8 Å². The highest BCUT2D eigenvalue weighted by Crippen LogP contribution is 2.44. The fourth-order valence-electron chi connectivity index (χ4n) is 9.38. The van der Waals surface area contributed by atoms with Crippen molar-refractivity contribution in [2.75, 3.05) is 20.2 Å². The number of carbonyl (C=O) groups excluding carboxylic acids is 5. The van der Waals surface area contributed by atoms with Crippen molar-refractivity contribution in [3.8, 4) is 11.1 Å². The van der Waals surface area contributed by atoms with E-state index in [2.05, 4.69) is 46.3 Å². The van der Waals surface area contributed by atoms with Gasteiger partial charge in [0, 0.05) is 19.5 Å². The number of ether oxygens (including phenoxy) is 2. The second kappa shape index (κ2) is 17.8. The molecule has 1 saturated carbocycles. The number of rotatable bonds is 10. The van der Waals surface area contributed by atoms with Crippen molar-refractivity contribution in [1.82, 2.24) is 25.8 Å². The molecule has 5 unspecified atom stereocenters. The molecule has 5 amide bonds. The van der Waals surface area contributed by atoms with E-state index in [4.69, 9.17) is 9.47 Å². The molecule has 12 heteroatoms. The molecule has 59 heavy (non-hydrogen) atoms. The first-order chi connectivity index (χ1) is 28.3. The van der Waals surface area contributed by atoms with Gasteiger partial charge >= 0.3 is 12.2 Å². The lowest BCUT2D eigenvalue weighted by Crippen LogP contribution is -2.59. The largest absolute Gasteiger partial charge is 0.449 e. The molecule has 314 valence electrons. The molecule has 5 atom stereocenters. The van der Waals surface area contributed by atoms with Crippen molar-refractivity contribution >= 4 is 29.9 Å². The molecular formula is C47H59N5O7. The van der Waals surface area contributed by atoms with E-state index in [1.54, 1.807) is 32.6 Å². The molecule has 4 aliphatic rings. The summed E-state index contributed by atoms with van der Waals surface area (Å²) in [5.74, 6) is -1.46. The van der Waals surface area contributed by atoms with Crippen LogP contribution in [0.25, 0.3) is 11.1 Å². The van der Waals surface area contributed by atoms with Gasteiger partial charge in [0.05, 0.1) is 12.1 Å². The summed E-state index contributed by atoms with van der Waals surface area (Å²) in [6, 6.07) is 20.8. The Kier molecular flexibility index (Phi) is 12.6. The second-order valence-corrected chi connectivity index (χ2v) is 17.7. The Balaban J connectivity index is 1.10. The minimum atomic E-state index is -0.934. The molecule has 1 aliphatic heterocycles. The van der Waals surface area contributed by atoms with Crippen LogP contribution in [0.1, 0.15) is 113 Å². The SMILES string of the molecule is CC(C(=O)NC(C(=O)N1CC(NC(=O)OCC2c3ccccc3-c3ccccc32)CC1C(=O)NC1CCCc2ccccc21)C1CCCCC1)N(C)C(=O)OC(C)(C)C. The number of alkyl carbamates (subject to hydrolysis) is 1. The maximum absolute atomic E-state index is 14.9. The van der Waals surface area contributed by atoms with E-state index in [1.807, 2.05) is 42.5 Å². The summed E-state index contributed by atoms with van der Waals surface area (Å²) < 4.78 is 11.4. The van der Waals surface area contributed by atoms with Gasteiger partial charge in [0.1, 0.15) is 30.3 Å². The molecule has 3 aromatic carbocycles. The van der Waals surface area contributed by atoms with E-state index in [-0.39, 0.29) is 49.3 Å². The lowest BCUT2D eigenvalue weighted by Gasteiger charge is -2.36. The molecule has 3 aliphatic carbocycles. The molecule has 7 rings (SSSR count). The summed E-state index contributed by atoms with van der Waals surface area (Å²) in [4.78, 5) is 72.5. The van der Waals surface area contributed by atoms with Crippen molar-refractivity contribution in [2.45, 2.75) is 127 Å². The summed E-state index contributed by atoms with van der Waals surface area (Å²) in [5.41, 5.74) is 5.97. The maximum Gasteiger partial charge on any atom is 0.410 e. The molecule has 0 bridgehead atoms. The van der Waals surface area contributed by atoms with Gasteiger partial charge in [-0.1, -0.05) is 92.1 Å². The van der Waals surface area contributed by atoms with Gasteiger partial charge in [-0.05, 0) is 106 Å². The Hall–Kier alpha value is -5.39. The van der Waals surface area contributed by atoms with E-state index in [0.29, 0.717) is 0 Å². The van der Waals surface area contributed by atoms with Crippen LogP contribution in [0.3, 0.4) is 0 Å². The van der Waals surface area contributed by atoms with Crippen LogP contribution in [-0.2, 0) is 30.3 Å². The third kappa shape index (κ3) is 9.42. The summed E-state index contributed by atoms with van der Waals surface area (Å²) >= 11 is 0. The number of hydrogen-bond donors (Lipinski definition) is 3. The van der Waals surface area contributed by atoms with Crippen molar-refractivity contribution in [1.29, 1.82) is 0 Å². The Morgan fingerprint density at radius 3 is 2.10 bits per heavy atom. The third-order valence-corrected chi connectivity index (χ3v) is 12.6.